The first-order valence-electron chi connectivity index (χ1n) is 7.44. The number of aromatic amines is 1. The average molecular weight is 363 g/mol. The third-order valence-corrected chi connectivity index (χ3v) is 4.76. The standard InChI is InChI=1S/C17H16Cl2N4O/c1-17(2,3)14-13-11(12-9(18)5-4-6-10(12)19)8(7-20)15(21)24-16(13)23-22-14/h4-6,8,11,21H,1-3H3,(H,22,23). The average Bonchev–Trinajstić information content (AvgIpc) is 2.90. The molecule has 0 radical (unpaired) electrons. The molecule has 1 aliphatic heterocycles. The molecule has 0 amide bonds. The molecule has 0 saturated carbocycles. The number of aromatic nitrogens is 2. The van der Waals surface area contributed by atoms with E-state index < -0.39 is 11.8 Å². The van der Waals surface area contributed by atoms with Crippen molar-refractivity contribution in [1.82, 2.24) is 10.2 Å². The lowest BCUT2D eigenvalue weighted by atomic mass is 9.76. The lowest BCUT2D eigenvalue weighted by molar-refractivity contribution is 0.433. The Balaban J connectivity index is 2.33. The van der Waals surface area contributed by atoms with Crippen LogP contribution < -0.4 is 4.74 Å². The van der Waals surface area contributed by atoms with E-state index in [1.807, 2.05) is 20.8 Å². The number of halogens is 2. The summed E-state index contributed by atoms with van der Waals surface area (Å²) in [4.78, 5) is 0. The maximum absolute atomic E-state index is 9.64. The molecule has 7 heteroatoms. The second-order valence-corrected chi connectivity index (χ2v) is 7.57. The van der Waals surface area contributed by atoms with Gasteiger partial charge in [-0.2, -0.15) is 5.26 Å². The van der Waals surface area contributed by atoms with E-state index in [1.165, 1.54) is 0 Å². The van der Waals surface area contributed by atoms with Gasteiger partial charge in [-0.3, -0.25) is 10.5 Å². The summed E-state index contributed by atoms with van der Waals surface area (Å²) >= 11 is 12.8. The number of nitrogens with one attached hydrogen (secondary N) is 2. The molecule has 5 nitrogen and oxygen atoms in total. The highest BCUT2D eigenvalue weighted by Crippen LogP contribution is 2.48. The summed E-state index contributed by atoms with van der Waals surface area (Å²) in [5.41, 5.74) is 1.94. The van der Waals surface area contributed by atoms with Crippen LogP contribution in [0.3, 0.4) is 0 Å². The van der Waals surface area contributed by atoms with Crippen LogP contribution in [-0.4, -0.2) is 16.1 Å². The molecule has 0 aliphatic carbocycles. The molecule has 2 N–H and O–H groups in total. The van der Waals surface area contributed by atoms with Crippen molar-refractivity contribution < 1.29 is 4.74 Å². The lowest BCUT2D eigenvalue weighted by Crippen LogP contribution is -2.32. The van der Waals surface area contributed by atoms with Gasteiger partial charge in [-0.05, 0) is 17.7 Å². The van der Waals surface area contributed by atoms with Gasteiger partial charge in [0.1, 0.15) is 5.92 Å². The molecule has 0 bridgehead atoms. The van der Waals surface area contributed by atoms with Gasteiger partial charge in [-0.15, -0.1) is 5.10 Å². The smallest absolute Gasteiger partial charge is 0.243 e. The van der Waals surface area contributed by atoms with E-state index in [-0.39, 0.29) is 11.3 Å². The topological polar surface area (TPSA) is 85.5 Å². The van der Waals surface area contributed by atoms with Crippen molar-refractivity contribution >= 4 is 29.1 Å². The van der Waals surface area contributed by atoms with Crippen LogP contribution in [0.25, 0.3) is 0 Å². The van der Waals surface area contributed by atoms with Gasteiger partial charge >= 0.3 is 0 Å². The highest BCUT2D eigenvalue weighted by molar-refractivity contribution is 6.36. The van der Waals surface area contributed by atoms with Gasteiger partial charge in [0.25, 0.3) is 0 Å². The first kappa shape index (κ1) is 16.8. The van der Waals surface area contributed by atoms with E-state index in [2.05, 4.69) is 16.3 Å². The molecule has 124 valence electrons. The lowest BCUT2D eigenvalue weighted by Gasteiger charge is -2.31. The van der Waals surface area contributed by atoms with Gasteiger partial charge in [0.2, 0.25) is 11.8 Å². The fourth-order valence-electron chi connectivity index (χ4n) is 3.01. The number of hydrogen-bond donors (Lipinski definition) is 2. The maximum atomic E-state index is 9.64. The molecule has 0 fully saturated rings. The number of nitriles is 1. The van der Waals surface area contributed by atoms with Crippen LogP contribution >= 0.6 is 23.2 Å². The van der Waals surface area contributed by atoms with E-state index >= 15 is 0 Å². The van der Waals surface area contributed by atoms with Gasteiger partial charge in [0.05, 0.1) is 6.07 Å². The minimum Gasteiger partial charge on any atom is -0.422 e. The summed E-state index contributed by atoms with van der Waals surface area (Å²) < 4.78 is 5.47. The molecule has 2 atom stereocenters. The Kier molecular flexibility index (Phi) is 4.06. The Morgan fingerprint density at radius 3 is 2.42 bits per heavy atom. The number of H-pyrrole nitrogens is 1. The molecule has 0 saturated heterocycles. The van der Waals surface area contributed by atoms with Crippen molar-refractivity contribution in [3.63, 3.8) is 0 Å². The van der Waals surface area contributed by atoms with Crippen LogP contribution in [0.1, 0.15) is 43.5 Å². The number of nitrogens with zero attached hydrogens (tertiary/aromatic N) is 2. The highest BCUT2D eigenvalue weighted by atomic mass is 35.5. The van der Waals surface area contributed by atoms with Crippen LogP contribution in [0, 0.1) is 22.7 Å². The predicted molar refractivity (Wildman–Crippen MR) is 93.1 cm³/mol. The Bertz CT molecular complexity index is 840. The van der Waals surface area contributed by atoms with Gasteiger partial charge in [-0.25, -0.2) is 0 Å². The minimum absolute atomic E-state index is 0.155. The van der Waals surface area contributed by atoms with Gasteiger partial charge < -0.3 is 4.74 Å². The molecule has 2 unspecified atom stereocenters. The third-order valence-electron chi connectivity index (χ3n) is 4.10. The second kappa shape index (κ2) is 5.80. The van der Waals surface area contributed by atoms with Crippen molar-refractivity contribution in [2.75, 3.05) is 0 Å². The minimum atomic E-state index is -0.825. The predicted octanol–water partition coefficient (Wildman–Crippen LogP) is 4.66. The Morgan fingerprint density at radius 2 is 1.88 bits per heavy atom. The van der Waals surface area contributed by atoms with Crippen LogP contribution in [-0.2, 0) is 5.41 Å². The molecule has 0 spiro atoms. The molecular formula is C17H16Cl2N4O. The number of benzene rings is 1. The van der Waals surface area contributed by atoms with Crippen LogP contribution in [0.15, 0.2) is 18.2 Å². The molecule has 2 heterocycles. The number of hydrogen-bond acceptors (Lipinski definition) is 4. The molecule has 1 aromatic heterocycles. The van der Waals surface area contributed by atoms with Gasteiger partial charge in [-0.1, -0.05) is 50.0 Å². The molecule has 1 aliphatic rings. The third kappa shape index (κ3) is 2.56. The Morgan fingerprint density at radius 1 is 1.25 bits per heavy atom. The van der Waals surface area contributed by atoms with Gasteiger partial charge in [0, 0.05) is 32.6 Å². The molecule has 2 aromatic rings. The SMILES string of the molecule is CC(C)(C)c1[nH]nc2c1C(c1c(Cl)cccc1Cl)C(C#N)C(=N)O2. The summed E-state index contributed by atoms with van der Waals surface area (Å²) in [7, 11) is 0. The largest absolute Gasteiger partial charge is 0.422 e. The van der Waals surface area contributed by atoms with E-state index in [9.17, 15) is 5.26 Å². The van der Waals surface area contributed by atoms with Crippen LogP contribution in [0.2, 0.25) is 10.0 Å². The van der Waals surface area contributed by atoms with Crippen LogP contribution in [0.5, 0.6) is 5.88 Å². The van der Waals surface area contributed by atoms with E-state index in [0.29, 0.717) is 21.5 Å². The van der Waals surface area contributed by atoms with Crippen molar-refractivity contribution in [1.29, 1.82) is 10.7 Å². The summed E-state index contributed by atoms with van der Waals surface area (Å²) in [6, 6.07) is 7.37. The summed E-state index contributed by atoms with van der Waals surface area (Å²) in [6.07, 6.45) is 0. The first-order valence-corrected chi connectivity index (χ1v) is 8.20. The fourth-order valence-corrected chi connectivity index (χ4v) is 3.64. The number of fused-ring (bicyclic) bond motifs is 1. The van der Waals surface area contributed by atoms with E-state index in [1.54, 1.807) is 18.2 Å². The quantitative estimate of drug-likeness (QED) is 0.773. The van der Waals surface area contributed by atoms with E-state index in [0.717, 1.165) is 11.3 Å². The zero-order chi connectivity index (χ0) is 17.6. The number of ether oxygens (including phenoxy) is 1. The monoisotopic (exact) mass is 362 g/mol. The number of rotatable bonds is 1. The molecule has 24 heavy (non-hydrogen) atoms. The molecule has 3 rings (SSSR count). The van der Waals surface area contributed by atoms with Crippen molar-refractivity contribution in [3.05, 3.63) is 45.1 Å². The summed E-state index contributed by atoms with van der Waals surface area (Å²) in [5, 5.41) is 25.8. The maximum Gasteiger partial charge on any atom is 0.243 e. The zero-order valence-corrected chi connectivity index (χ0v) is 15.0. The fraction of sp³-hybridized carbons (Fsp3) is 0.353. The molecule has 1 aromatic carbocycles. The summed E-state index contributed by atoms with van der Waals surface area (Å²) in [6.45, 7) is 6.11. The Hall–Kier alpha value is -2.03. The van der Waals surface area contributed by atoms with Crippen molar-refractivity contribution in [3.8, 4) is 11.9 Å². The summed E-state index contributed by atoms with van der Waals surface area (Å²) in [5.74, 6) is -1.19. The highest BCUT2D eigenvalue weighted by Gasteiger charge is 2.43. The second-order valence-electron chi connectivity index (χ2n) is 6.75. The van der Waals surface area contributed by atoms with Gasteiger partial charge in [0.15, 0.2) is 0 Å². The first-order chi connectivity index (χ1) is 11.3. The normalized spacial score (nSPS) is 20.2. The molecular weight excluding hydrogens is 347 g/mol. The van der Waals surface area contributed by atoms with Crippen molar-refractivity contribution in [2.45, 2.75) is 32.1 Å². The van der Waals surface area contributed by atoms with Crippen LogP contribution in [0.4, 0.5) is 0 Å². The van der Waals surface area contributed by atoms with Crippen molar-refractivity contribution in [2.24, 2.45) is 5.92 Å². The zero-order valence-electron chi connectivity index (χ0n) is 13.4. The van der Waals surface area contributed by atoms with E-state index in [4.69, 9.17) is 33.3 Å². The Labute approximate surface area is 150 Å².